The van der Waals surface area contributed by atoms with E-state index >= 15 is 0 Å². The van der Waals surface area contributed by atoms with Crippen LogP contribution >= 0.6 is 0 Å². The maximum absolute atomic E-state index is 3.20. The van der Waals surface area contributed by atoms with Gasteiger partial charge in [0, 0.05) is 6.04 Å². The van der Waals surface area contributed by atoms with E-state index in [4.69, 9.17) is 0 Å². The summed E-state index contributed by atoms with van der Waals surface area (Å²) in [5, 5.41) is 3.20. The van der Waals surface area contributed by atoms with Crippen LogP contribution in [0.5, 0.6) is 0 Å². The van der Waals surface area contributed by atoms with Crippen molar-refractivity contribution in [3.8, 4) is 0 Å². The fraction of sp³-hybridized carbons (Fsp3) is 1.00. The van der Waals surface area contributed by atoms with E-state index in [0.29, 0.717) is 0 Å². The monoisotopic (exact) mass is 262 g/mol. The van der Waals surface area contributed by atoms with Gasteiger partial charge in [0.05, 0.1) is 0 Å². The average molecular weight is 263 g/mol. The van der Waals surface area contributed by atoms with Gasteiger partial charge in [0.1, 0.15) is 0 Å². The fourth-order valence-electron chi connectivity index (χ4n) is 1.58. The van der Waals surface area contributed by atoms with Crippen LogP contribution in [0.1, 0.15) is 74.7 Å². The molecule has 1 unspecified atom stereocenters. The molecule has 0 rings (SSSR count). The Balaban J connectivity index is -0.000000141. The molecule has 0 bridgehead atoms. The first-order valence-corrected chi connectivity index (χ1v) is 8.11. The highest BCUT2D eigenvalue weighted by atomic mass is 15.1. The van der Waals surface area contributed by atoms with E-state index in [-0.39, 0.29) is 0 Å². The van der Waals surface area contributed by atoms with Crippen LogP contribution < -0.4 is 5.32 Å². The molecule has 0 saturated heterocycles. The van der Waals surface area contributed by atoms with Gasteiger partial charge < -0.3 is 10.2 Å². The van der Waals surface area contributed by atoms with Gasteiger partial charge in [0.2, 0.25) is 0 Å². The summed E-state index contributed by atoms with van der Waals surface area (Å²) in [6.07, 6.45) is 3.79. The van der Waals surface area contributed by atoms with E-state index in [2.05, 4.69) is 31.1 Å². The summed E-state index contributed by atoms with van der Waals surface area (Å²) in [5.74, 6) is 0. The summed E-state index contributed by atoms with van der Waals surface area (Å²) in [5.41, 5.74) is 0. The molecule has 1 atom stereocenters. The van der Waals surface area contributed by atoms with Crippen molar-refractivity contribution in [1.82, 2.24) is 10.2 Å². The zero-order valence-electron chi connectivity index (χ0n) is 15.1. The third-order valence-electron chi connectivity index (χ3n) is 2.40. The van der Waals surface area contributed by atoms with E-state index in [1.165, 1.54) is 25.8 Å². The lowest BCUT2D eigenvalue weighted by Gasteiger charge is -2.26. The number of nitrogens with one attached hydrogen (secondary N) is 1. The van der Waals surface area contributed by atoms with Crippen molar-refractivity contribution >= 4 is 0 Å². The summed E-state index contributed by atoms with van der Waals surface area (Å²) in [7, 11) is 4.25. The van der Waals surface area contributed by atoms with Crippen LogP contribution in [0.3, 0.4) is 0 Å². The first-order chi connectivity index (χ1) is 8.76. The molecule has 0 aliphatic rings. The lowest BCUT2D eigenvalue weighted by atomic mass is 10.1. The number of hydrogen-bond donors (Lipinski definition) is 1. The van der Waals surface area contributed by atoms with Crippen LogP contribution in [-0.4, -0.2) is 38.1 Å². The quantitative estimate of drug-likeness (QED) is 0.709. The number of rotatable bonds is 7. The van der Waals surface area contributed by atoms with Crippen molar-refractivity contribution in [3.63, 3.8) is 0 Å². The minimum atomic E-state index is 0.761. The molecule has 0 amide bonds. The molecule has 0 heterocycles. The molecule has 0 aromatic carbocycles. The normalized spacial score (nSPS) is 10.2. The highest BCUT2D eigenvalue weighted by Gasteiger charge is 2.10. The maximum atomic E-state index is 3.20. The van der Waals surface area contributed by atoms with Gasteiger partial charge in [-0.15, -0.1) is 0 Å². The molecule has 18 heavy (non-hydrogen) atoms. The molecule has 116 valence electrons. The smallest absolute Gasteiger partial charge is 0.0102 e. The Morgan fingerprint density at radius 1 is 0.944 bits per heavy atom. The minimum absolute atomic E-state index is 0.761. The van der Waals surface area contributed by atoms with Crippen molar-refractivity contribution in [3.05, 3.63) is 0 Å². The SMILES string of the molecule is CC.CC.CC.CCCN(C)C(CC)CCNC. The zero-order valence-corrected chi connectivity index (χ0v) is 15.1. The van der Waals surface area contributed by atoms with Gasteiger partial charge in [-0.1, -0.05) is 55.4 Å². The zero-order chi connectivity index (χ0) is 15.4. The Labute approximate surface area is 119 Å². The van der Waals surface area contributed by atoms with Crippen LogP contribution in [-0.2, 0) is 0 Å². The summed E-state index contributed by atoms with van der Waals surface area (Å²) in [6.45, 7) is 18.9. The van der Waals surface area contributed by atoms with E-state index in [1.807, 2.05) is 48.6 Å². The van der Waals surface area contributed by atoms with Crippen LogP contribution in [0.2, 0.25) is 0 Å². The highest BCUT2D eigenvalue weighted by molar-refractivity contribution is 4.67. The van der Waals surface area contributed by atoms with Crippen molar-refractivity contribution in [1.29, 1.82) is 0 Å². The van der Waals surface area contributed by atoms with Crippen molar-refractivity contribution in [2.75, 3.05) is 27.2 Å². The molecule has 0 aromatic heterocycles. The van der Waals surface area contributed by atoms with Crippen LogP contribution in [0.4, 0.5) is 0 Å². The molecule has 1 N–H and O–H groups in total. The largest absolute Gasteiger partial charge is 0.320 e. The van der Waals surface area contributed by atoms with Crippen LogP contribution in [0, 0.1) is 0 Å². The van der Waals surface area contributed by atoms with E-state index in [0.717, 1.165) is 12.6 Å². The van der Waals surface area contributed by atoms with E-state index in [9.17, 15) is 0 Å². The molecule has 0 aliphatic heterocycles. The van der Waals surface area contributed by atoms with E-state index < -0.39 is 0 Å². The molecule has 0 saturated carbocycles. The summed E-state index contributed by atoms with van der Waals surface area (Å²) >= 11 is 0. The predicted molar refractivity (Wildman–Crippen MR) is 89.6 cm³/mol. The molecule has 2 heteroatoms. The Morgan fingerprint density at radius 3 is 1.67 bits per heavy atom. The Hall–Kier alpha value is -0.0800. The summed E-state index contributed by atoms with van der Waals surface area (Å²) in [4.78, 5) is 2.47. The second-order valence-electron chi connectivity index (χ2n) is 3.43. The second-order valence-corrected chi connectivity index (χ2v) is 3.43. The average Bonchev–Trinajstić information content (AvgIpc) is 2.46. The first kappa shape index (κ1) is 26.5. The van der Waals surface area contributed by atoms with Crippen LogP contribution in [0.15, 0.2) is 0 Å². The van der Waals surface area contributed by atoms with Crippen LogP contribution in [0.25, 0.3) is 0 Å². The first-order valence-electron chi connectivity index (χ1n) is 8.11. The summed E-state index contributed by atoms with van der Waals surface area (Å²) < 4.78 is 0. The number of hydrogen-bond acceptors (Lipinski definition) is 2. The van der Waals surface area contributed by atoms with Crippen molar-refractivity contribution < 1.29 is 0 Å². The van der Waals surface area contributed by atoms with Gasteiger partial charge in [-0.3, -0.25) is 0 Å². The Kier molecular flexibility index (Phi) is 44.4. The van der Waals surface area contributed by atoms with Gasteiger partial charge in [-0.25, -0.2) is 0 Å². The molecule has 0 aliphatic carbocycles. The van der Waals surface area contributed by atoms with E-state index in [1.54, 1.807) is 0 Å². The Bertz CT molecular complexity index is 95.1. The third-order valence-corrected chi connectivity index (χ3v) is 2.40. The minimum Gasteiger partial charge on any atom is -0.320 e. The topological polar surface area (TPSA) is 15.3 Å². The standard InChI is InChI=1S/C10H24N2.3C2H6/c1-5-9-12(4)10(6-2)7-8-11-3;3*1-2/h10-11H,5-9H2,1-4H3;3*1-2H3. The molecular weight excluding hydrogens is 220 g/mol. The summed E-state index contributed by atoms with van der Waals surface area (Å²) in [6, 6.07) is 0.761. The molecule has 0 fully saturated rings. The van der Waals surface area contributed by atoms with Gasteiger partial charge in [-0.2, -0.15) is 0 Å². The van der Waals surface area contributed by atoms with Gasteiger partial charge in [0.15, 0.2) is 0 Å². The lowest BCUT2D eigenvalue weighted by molar-refractivity contribution is 0.224. The van der Waals surface area contributed by atoms with Crippen molar-refractivity contribution in [2.45, 2.75) is 80.7 Å². The molecule has 0 spiro atoms. The van der Waals surface area contributed by atoms with Crippen molar-refractivity contribution in [2.24, 2.45) is 0 Å². The number of nitrogens with zero attached hydrogens (tertiary/aromatic N) is 1. The van der Waals surface area contributed by atoms with Gasteiger partial charge in [-0.05, 0) is 46.4 Å². The molecular formula is C16H42N2. The highest BCUT2D eigenvalue weighted by Crippen LogP contribution is 2.05. The maximum Gasteiger partial charge on any atom is 0.0102 e. The Morgan fingerprint density at radius 2 is 1.39 bits per heavy atom. The third kappa shape index (κ3) is 21.2. The predicted octanol–water partition coefficient (Wildman–Crippen LogP) is 4.79. The lowest BCUT2D eigenvalue weighted by Crippen LogP contribution is -2.34. The molecule has 0 radical (unpaired) electrons. The molecule has 2 nitrogen and oxygen atoms in total. The fourth-order valence-corrected chi connectivity index (χ4v) is 1.58. The molecule has 0 aromatic rings. The second kappa shape index (κ2) is 30.2. The van der Waals surface area contributed by atoms with Gasteiger partial charge >= 0.3 is 0 Å². The van der Waals surface area contributed by atoms with Gasteiger partial charge in [0.25, 0.3) is 0 Å².